The van der Waals surface area contributed by atoms with Crippen LogP contribution in [0.4, 0.5) is 0 Å². The molecule has 55 heavy (non-hydrogen) atoms. The van der Waals surface area contributed by atoms with Crippen molar-refractivity contribution in [1.82, 2.24) is 19.5 Å². The van der Waals surface area contributed by atoms with E-state index < -0.39 is 0 Å². The number of nitriles is 3. The van der Waals surface area contributed by atoms with Gasteiger partial charge in [-0.05, 0) is 71.8 Å². The fourth-order valence-electron chi connectivity index (χ4n) is 7.18. The van der Waals surface area contributed by atoms with Gasteiger partial charge in [-0.25, -0.2) is 15.0 Å². The number of hydrogen-bond donors (Lipinski definition) is 0. The predicted octanol–water partition coefficient (Wildman–Crippen LogP) is 10.9. The molecule has 0 aliphatic rings. The van der Waals surface area contributed by atoms with Gasteiger partial charge in [0.1, 0.15) is 0 Å². The normalized spacial score (nSPS) is 10.9. The molecule has 0 aliphatic carbocycles. The van der Waals surface area contributed by atoms with Gasteiger partial charge in [0.2, 0.25) is 0 Å². The summed E-state index contributed by atoms with van der Waals surface area (Å²) in [7, 11) is 0. The molecule has 0 saturated heterocycles. The summed E-state index contributed by atoms with van der Waals surface area (Å²) in [6.07, 6.45) is 0. The molecule has 0 spiro atoms. The Kier molecular flexibility index (Phi) is 8.18. The van der Waals surface area contributed by atoms with Crippen LogP contribution in [0.1, 0.15) is 16.7 Å². The molecule has 0 fully saturated rings. The van der Waals surface area contributed by atoms with Crippen LogP contribution in [0.3, 0.4) is 0 Å². The maximum absolute atomic E-state index is 10.1. The van der Waals surface area contributed by atoms with E-state index in [1.54, 1.807) is 12.1 Å². The molecule has 9 aromatic rings. The van der Waals surface area contributed by atoms with E-state index in [9.17, 15) is 15.8 Å². The Bertz CT molecular complexity index is 2930. The van der Waals surface area contributed by atoms with Crippen molar-refractivity contribution in [3.05, 3.63) is 180 Å². The van der Waals surface area contributed by atoms with Gasteiger partial charge in [0.05, 0.1) is 51.6 Å². The first-order valence-electron chi connectivity index (χ1n) is 17.6. The summed E-state index contributed by atoms with van der Waals surface area (Å²) in [6.45, 7) is 0. The second-order valence-corrected chi connectivity index (χ2v) is 13.0. The SMILES string of the molecule is N#Cc1cccc(-c2cc(-c3nc(-c4ccccc4)nc(-c4ccccc4)n3)cc(-c3cccc(C#N)c3)c2-n2c3ccccc3c3cc(C#N)ccc32)c1. The van der Waals surface area contributed by atoms with Gasteiger partial charge in [-0.15, -0.1) is 0 Å². The Morgan fingerprint density at radius 1 is 0.364 bits per heavy atom. The van der Waals surface area contributed by atoms with Crippen molar-refractivity contribution < 1.29 is 0 Å². The highest BCUT2D eigenvalue weighted by Gasteiger charge is 2.23. The molecule has 7 aromatic carbocycles. The van der Waals surface area contributed by atoms with E-state index in [1.165, 1.54) is 0 Å². The average molecular weight is 702 g/mol. The predicted molar refractivity (Wildman–Crippen MR) is 215 cm³/mol. The van der Waals surface area contributed by atoms with Gasteiger partial charge in [-0.1, -0.05) is 103 Å². The largest absolute Gasteiger partial charge is 0.308 e. The van der Waals surface area contributed by atoms with Crippen molar-refractivity contribution in [2.24, 2.45) is 0 Å². The molecule has 0 amide bonds. The molecule has 254 valence electrons. The van der Waals surface area contributed by atoms with Crippen LogP contribution in [0.2, 0.25) is 0 Å². The lowest BCUT2D eigenvalue weighted by molar-refractivity contribution is 1.07. The minimum absolute atomic E-state index is 0.468. The first kappa shape index (κ1) is 32.7. The minimum Gasteiger partial charge on any atom is -0.308 e. The van der Waals surface area contributed by atoms with Crippen molar-refractivity contribution in [1.29, 1.82) is 15.8 Å². The Morgan fingerprint density at radius 2 is 0.818 bits per heavy atom. The molecule has 7 heteroatoms. The molecule has 0 unspecified atom stereocenters. The molecule has 0 atom stereocenters. The molecule has 0 radical (unpaired) electrons. The van der Waals surface area contributed by atoms with Crippen molar-refractivity contribution in [3.8, 4) is 80.3 Å². The second-order valence-electron chi connectivity index (χ2n) is 13.0. The van der Waals surface area contributed by atoms with E-state index in [0.29, 0.717) is 34.2 Å². The van der Waals surface area contributed by atoms with E-state index in [0.717, 1.165) is 66.4 Å². The first-order chi connectivity index (χ1) is 27.1. The van der Waals surface area contributed by atoms with Crippen LogP contribution in [-0.2, 0) is 0 Å². The number of benzene rings is 7. The lowest BCUT2D eigenvalue weighted by Crippen LogP contribution is -2.04. The molecule has 0 N–H and O–H groups in total. The standard InChI is InChI=1S/C48H27N7/c49-28-31-11-9-17-36(23-31)40-26-38(48-53-46(34-13-3-1-4-14-34)52-47(54-48)35-15-5-2-6-16-35)27-41(37-18-10-12-32(24-37)29-50)45(40)55-43-20-8-7-19-39(43)42-25-33(30-51)21-22-44(42)55/h1-27H. The Hall–Kier alpha value is -8.18. The molecule has 0 saturated carbocycles. The lowest BCUT2D eigenvalue weighted by atomic mass is 9.91. The minimum atomic E-state index is 0.468. The fraction of sp³-hybridized carbons (Fsp3) is 0. The van der Waals surface area contributed by atoms with Gasteiger partial charge in [-0.3, -0.25) is 0 Å². The third kappa shape index (κ3) is 5.93. The van der Waals surface area contributed by atoms with Crippen LogP contribution in [0.5, 0.6) is 0 Å². The Labute approximate surface area is 316 Å². The summed E-state index contributed by atoms with van der Waals surface area (Å²) in [5.74, 6) is 1.53. The zero-order chi connectivity index (χ0) is 37.3. The summed E-state index contributed by atoms with van der Waals surface area (Å²) < 4.78 is 2.22. The highest BCUT2D eigenvalue weighted by molar-refractivity contribution is 6.11. The first-order valence-corrected chi connectivity index (χ1v) is 17.6. The van der Waals surface area contributed by atoms with Gasteiger partial charge in [0, 0.05) is 38.6 Å². The fourth-order valence-corrected chi connectivity index (χ4v) is 7.18. The van der Waals surface area contributed by atoms with Crippen LogP contribution < -0.4 is 0 Å². The second kappa shape index (κ2) is 13.7. The number of rotatable bonds is 6. The maximum Gasteiger partial charge on any atom is 0.164 e. The number of fused-ring (bicyclic) bond motifs is 3. The highest BCUT2D eigenvalue weighted by Crippen LogP contribution is 2.44. The third-order valence-electron chi connectivity index (χ3n) is 9.70. The van der Waals surface area contributed by atoms with Crippen molar-refractivity contribution in [3.63, 3.8) is 0 Å². The number of para-hydroxylation sites is 1. The number of hydrogen-bond acceptors (Lipinski definition) is 6. The van der Waals surface area contributed by atoms with Crippen LogP contribution in [0.15, 0.2) is 164 Å². The Morgan fingerprint density at radius 3 is 1.36 bits per heavy atom. The molecule has 0 aliphatic heterocycles. The molecule has 0 bridgehead atoms. The molecular formula is C48H27N7. The van der Waals surface area contributed by atoms with Gasteiger partial charge >= 0.3 is 0 Å². The van der Waals surface area contributed by atoms with Crippen molar-refractivity contribution >= 4 is 21.8 Å². The highest BCUT2D eigenvalue weighted by atomic mass is 15.0. The van der Waals surface area contributed by atoms with Crippen LogP contribution >= 0.6 is 0 Å². The molecular weight excluding hydrogens is 675 g/mol. The van der Waals surface area contributed by atoms with Crippen LogP contribution in [0.25, 0.3) is 83.9 Å². The van der Waals surface area contributed by atoms with E-state index in [-0.39, 0.29) is 0 Å². The zero-order valence-electron chi connectivity index (χ0n) is 29.2. The van der Waals surface area contributed by atoms with E-state index in [2.05, 4.69) is 47.0 Å². The molecule has 2 aromatic heterocycles. The third-order valence-corrected chi connectivity index (χ3v) is 9.70. The van der Waals surface area contributed by atoms with Crippen LogP contribution in [0, 0.1) is 34.0 Å². The summed E-state index contributed by atoms with van der Waals surface area (Å²) in [6, 6.07) is 59.8. The van der Waals surface area contributed by atoms with Gasteiger partial charge in [-0.2, -0.15) is 15.8 Å². The number of aromatic nitrogens is 4. The van der Waals surface area contributed by atoms with E-state index in [4.69, 9.17) is 15.0 Å². The van der Waals surface area contributed by atoms with Gasteiger partial charge < -0.3 is 4.57 Å². The van der Waals surface area contributed by atoms with Gasteiger partial charge in [0.15, 0.2) is 17.5 Å². The molecule has 7 nitrogen and oxygen atoms in total. The van der Waals surface area contributed by atoms with Crippen molar-refractivity contribution in [2.75, 3.05) is 0 Å². The topological polar surface area (TPSA) is 115 Å². The molecule has 2 heterocycles. The Balaban J connectivity index is 1.44. The van der Waals surface area contributed by atoms with Gasteiger partial charge in [0.25, 0.3) is 0 Å². The lowest BCUT2D eigenvalue weighted by Gasteiger charge is -2.21. The molecule has 9 rings (SSSR count). The van der Waals surface area contributed by atoms with E-state index >= 15 is 0 Å². The summed E-state index contributed by atoms with van der Waals surface area (Å²) in [5, 5.41) is 31.9. The summed E-state index contributed by atoms with van der Waals surface area (Å²) in [5.41, 5.74) is 9.97. The van der Waals surface area contributed by atoms with E-state index in [1.807, 2.05) is 127 Å². The summed E-state index contributed by atoms with van der Waals surface area (Å²) >= 11 is 0. The smallest absolute Gasteiger partial charge is 0.164 e. The summed E-state index contributed by atoms with van der Waals surface area (Å²) in [4.78, 5) is 15.1. The quantitative estimate of drug-likeness (QED) is 0.170. The average Bonchev–Trinajstić information content (AvgIpc) is 3.59. The van der Waals surface area contributed by atoms with Crippen molar-refractivity contribution in [2.45, 2.75) is 0 Å². The zero-order valence-corrected chi connectivity index (χ0v) is 29.2. The number of nitrogens with zero attached hydrogens (tertiary/aromatic N) is 7. The maximum atomic E-state index is 10.1. The monoisotopic (exact) mass is 701 g/mol. The van der Waals surface area contributed by atoms with Crippen LogP contribution in [-0.4, -0.2) is 19.5 Å².